The highest BCUT2D eigenvalue weighted by atomic mass is 79.9. The molecule has 0 fully saturated rings. The Labute approximate surface area is 98.5 Å². The molecule has 0 spiro atoms. The van der Waals surface area contributed by atoms with Crippen LogP contribution in [0, 0.1) is 0 Å². The Morgan fingerprint density at radius 3 is 2.80 bits per heavy atom. The van der Waals surface area contributed by atoms with Crippen molar-refractivity contribution in [3.05, 3.63) is 35.2 Å². The highest BCUT2D eigenvalue weighted by Crippen LogP contribution is 2.16. The largest absolute Gasteiger partial charge is 0.446 e. The Kier molecular flexibility index (Phi) is 5.40. The fourth-order valence-electron chi connectivity index (χ4n) is 1.34. The molecule has 0 amide bonds. The first kappa shape index (κ1) is 12.2. The molecule has 1 aromatic heterocycles. The lowest BCUT2D eigenvalue weighted by Crippen LogP contribution is -1.96. The molecule has 1 aromatic rings. The molecule has 3 heteroatoms. The predicted molar refractivity (Wildman–Crippen MR) is 64.0 cm³/mol. The monoisotopic (exact) mass is 270 g/mol. The minimum atomic E-state index is 0.0827. The summed E-state index contributed by atoms with van der Waals surface area (Å²) in [5.41, 5.74) is 0. The number of hydrogen-bond acceptors (Lipinski definition) is 2. The van der Waals surface area contributed by atoms with E-state index >= 15 is 0 Å². The van der Waals surface area contributed by atoms with Gasteiger partial charge in [-0.05, 0) is 47.3 Å². The molecule has 82 valence electrons. The zero-order valence-electron chi connectivity index (χ0n) is 8.67. The van der Waals surface area contributed by atoms with Crippen LogP contribution in [0.2, 0.25) is 0 Å². The van der Waals surface area contributed by atoms with Crippen molar-refractivity contribution in [2.45, 2.75) is 32.1 Å². The van der Waals surface area contributed by atoms with Gasteiger partial charge in [0.25, 0.3) is 0 Å². The number of Topliss-reactive ketones (excluding diaryl/α,β-unsaturated/α-hetero) is 1. The summed E-state index contributed by atoms with van der Waals surface area (Å²) < 4.78 is 5.78. The van der Waals surface area contributed by atoms with Crippen LogP contribution in [0.15, 0.2) is 33.9 Å². The van der Waals surface area contributed by atoms with E-state index in [-0.39, 0.29) is 5.78 Å². The van der Waals surface area contributed by atoms with E-state index in [0.29, 0.717) is 16.9 Å². The minimum Gasteiger partial charge on any atom is -0.446 e. The highest BCUT2D eigenvalue weighted by molar-refractivity contribution is 9.10. The maximum Gasteiger partial charge on any atom is 0.198 e. The molecule has 0 saturated heterocycles. The van der Waals surface area contributed by atoms with Gasteiger partial charge in [-0.2, -0.15) is 0 Å². The first-order valence-electron chi connectivity index (χ1n) is 5.13. The molecule has 0 atom stereocenters. The van der Waals surface area contributed by atoms with Gasteiger partial charge in [0.1, 0.15) is 0 Å². The van der Waals surface area contributed by atoms with Crippen molar-refractivity contribution in [1.29, 1.82) is 0 Å². The number of ketones is 1. The number of rotatable bonds is 7. The molecule has 0 radical (unpaired) electrons. The van der Waals surface area contributed by atoms with Crippen molar-refractivity contribution in [3.63, 3.8) is 0 Å². The van der Waals surface area contributed by atoms with Gasteiger partial charge in [-0.3, -0.25) is 4.79 Å². The van der Waals surface area contributed by atoms with E-state index in [4.69, 9.17) is 4.42 Å². The molecule has 15 heavy (non-hydrogen) atoms. The molecule has 0 N–H and O–H groups in total. The van der Waals surface area contributed by atoms with Crippen molar-refractivity contribution >= 4 is 21.7 Å². The first-order chi connectivity index (χ1) is 7.24. The molecule has 0 saturated carbocycles. The van der Waals surface area contributed by atoms with Crippen molar-refractivity contribution in [2.75, 3.05) is 0 Å². The van der Waals surface area contributed by atoms with Crippen LogP contribution in [-0.2, 0) is 0 Å². The lowest BCUT2D eigenvalue weighted by atomic mass is 10.1. The second-order valence-corrected chi connectivity index (χ2v) is 4.20. The Balaban J connectivity index is 2.22. The zero-order chi connectivity index (χ0) is 11.1. The predicted octanol–water partition coefficient (Wildman–Crippen LogP) is 4.36. The maximum absolute atomic E-state index is 11.6. The second kappa shape index (κ2) is 6.62. The summed E-state index contributed by atoms with van der Waals surface area (Å²) in [5.74, 6) is 0.532. The lowest BCUT2D eigenvalue weighted by molar-refractivity contribution is 0.0951. The maximum atomic E-state index is 11.6. The molecule has 0 aromatic carbocycles. The third-order valence-electron chi connectivity index (χ3n) is 2.16. The van der Waals surface area contributed by atoms with Crippen molar-refractivity contribution in [3.8, 4) is 0 Å². The van der Waals surface area contributed by atoms with Crippen LogP contribution < -0.4 is 0 Å². The average molecular weight is 271 g/mol. The van der Waals surface area contributed by atoms with Gasteiger partial charge in [-0.15, -0.1) is 6.58 Å². The fraction of sp³-hybridized carbons (Fsp3) is 0.417. The number of allylic oxidation sites excluding steroid dienone is 1. The summed E-state index contributed by atoms with van der Waals surface area (Å²) in [6.07, 6.45) is 6.60. The first-order valence-corrected chi connectivity index (χ1v) is 5.93. The van der Waals surface area contributed by atoms with Gasteiger partial charge >= 0.3 is 0 Å². The van der Waals surface area contributed by atoms with Crippen LogP contribution in [0.1, 0.15) is 42.7 Å². The van der Waals surface area contributed by atoms with Crippen LogP contribution in [0.25, 0.3) is 0 Å². The van der Waals surface area contributed by atoms with E-state index in [2.05, 4.69) is 22.5 Å². The molecule has 0 unspecified atom stereocenters. The summed E-state index contributed by atoms with van der Waals surface area (Å²) in [6, 6.07) is 3.45. The fourth-order valence-corrected chi connectivity index (χ4v) is 1.64. The Bertz CT molecular complexity index is 328. The summed E-state index contributed by atoms with van der Waals surface area (Å²) >= 11 is 3.17. The molecular formula is C12H15BrO2. The van der Waals surface area contributed by atoms with Crippen molar-refractivity contribution < 1.29 is 9.21 Å². The summed E-state index contributed by atoms with van der Waals surface area (Å²) in [4.78, 5) is 11.6. The smallest absolute Gasteiger partial charge is 0.198 e. The number of halogens is 1. The Morgan fingerprint density at radius 2 is 2.20 bits per heavy atom. The number of hydrogen-bond donors (Lipinski definition) is 0. The molecule has 1 rings (SSSR count). The third-order valence-corrected chi connectivity index (χ3v) is 2.59. The van der Waals surface area contributed by atoms with Crippen molar-refractivity contribution in [1.82, 2.24) is 0 Å². The summed E-state index contributed by atoms with van der Waals surface area (Å²) in [5, 5.41) is 0. The van der Waals surface area contributed by atoms with E-state index < -0.39 is 0 Å². The van der Waals surface area contributed by atoms with Crippen LogP contribution in [0.5, 0.6) is 0 Å². The molecule has 0 bridgehead atoms. The van der Waals surface area contributed by atoms with E-state index in [0.717, 1.165) is 25.7 Å². The molecule has 1 heterocycles. The van der Waals surface area contributed by atoms with Crippen LogP contribution >= 0.6 is 15.9 Å². The number of carbonyl (C=O) groups is 1. The minimum absolute atomic E-state index is 0.0827. The Hall–Kier alpha value is -0.830. The molecule has 0 aliphatic rings. The van der Waals surface area contributed by atoms with Gasteiger partial charge in [0.15, 0.2) is 16.2 Å². The van der Waals surface area contributed by atoms with Gasteiger partial charge in [0, 0.05) is 6.42 Å². The van der Waals surface area contributed by atoms with Gasteiger partial charge in [0.2, 0.25) is 0 Å². The lowest BCUT2D eigenvalue weighted by Gasteiger charge is -1.97. The van der Waals surface area contributed by atoms with E-state index in [1.807, 2.05) is 6.08 Å². The second-order valence-electron chi connectivity index (χ2n) is 3.41. The van der Waals surface area contributed by atoms with Crippen LogP contribution in [0.3, 0.4) is 0 Å². The number of carbonyl (C=O) groups excluding carboxylic acids is 1. The van der Waals surface area contributed by atoms with Gasteiger partial charge in [-0.1, -0.05) is 12.5 Å². The number of furan rings is 1. The van der Waals surface area contributed by atoms with Gasteiger partial charge in [-0.25, -0.2) is 0 Å². The topological polar surface area (TPSA) is 30.2 Å². The molecule has 0 aliphatic carbocycles. The van der Waals surface area contributed by atoms with E-state index in [1.165, 1.54) is 0 Å². The van der Waals surface area contributed by atoms with Gasteiger partial charge < -0.3 is 4.42 Å². The van der Waals surface area contributed by atoms with E-state index in [9.17, 15) is 4.79 Å². The molecule has 0 aliphatic heterocycles. The zero-order valence-corrected chi connectivity index (χ0v) is 10.3. The SMILES string of the molecule is C=CCCCCCC(=O)c1ccc(Br)o1. The number of unbranched alkanes of at least 4 members (excludes halogenated alkanes) is 3. The summed E-state index contributed by atoms with van der Waals surface area (Å²) in [6.45, 7) is 3.66. The van der Waals surface area contributed by atoms with E-state index in [1.54, 1.807) is 12.1 Å². The third kappa shape index (κ3) is 4.47. The average Bonchev–Trinajstić information content (AvgIpc) is 2.64. The molecule has 2 nitrogen and oxygen atoms in total. The normalized spacial score (nSPS) is 10.2. The quantitative estimate of drug-likeness (QED) is 0.419. The Morgan fingerprint density at radius 1 is 1.40 bits per heavy atom. The summed E-state index contributed by atoms with van der Waals surface area (Å²) in [7, 11) is 0. The highest BCUT2D eigenvalue weighted by Gasteiger charge is 2.09. The van der Waals surface area contributed by atoms with Crippen molar-refractivity contribution in [2.24, 2.45) is 0 Å². The standard InChI is InChI=1S/C12H15BrO2/c1-2-3-4-5-6-7-10(14)11-8-9-12(13)15-11/h2,8-9H,1,3-7H2. The molecular weight excluding hydrogens is 256 g/mol. The van der Waals surface area contributed by atoms with Crippen LogP contribution in [0.4, 0.5) is 0 Å². The van der Waals surface area contributed by atoms with Crippen LogP contribution in [-0.4, -0.2) is 5.78 Å². The van der Waals surface area contributed by atoms with Gasteiger partial charge in [0.05, 0.1) is 0 Å².